The minimum Gasteiger partial charge on any atom is -0.393 e. The average molecular weight is 347 g/mol. The van der Waals surface area contributed by atoms with Crippen LogP contribution in [-0.4, -0.2) is 36.8 Å². The Labute approximate surface area is 150 Å². The number of hydrogen-bond donors (Lipinski definition) is 3. The van der Waals surface area contributed by atoms with Gasteiger partial charge in [0, 0.05) is 16.9 Å². The predicted octanol–water partition coefficient (Wildman–Crippen LogP) is 3.59. The van der Waals surface area contributed by atoms with Gasteiger partial charge in [0.05, 0.1) is 18.0 Å². The van der Waals surface area contributed by atoms with Gasteiger partial charge in [-0.2, -0.15) is 0 Å². The van der Waals surface area contributed by atoms with Gasteiger partial charge in [-0.1, -0.05) is 18.2 Å². The van der Waals surface area contributed by atoms with Gasteiger partial charge in [-0.15, -0.1) is 5.10 Å². The highest BCUT2D eigenvalue weighted by molar-refractivity contribution is 5.85. The van der Waals surface area contributed by atoms with Gasteiger partial charge < -0.3 is 15.4 Å². The molecule has 0 radical (unpaired) electrons. The van der Waals surface area contributed by atoms with Gasteiger partial charge in [-0.25, -0.2) is 9.50 Å². The number of imidazole rings is 1. The van der Waals surface area contributed by atoms with Crippen LogP contribution in [0.5, 0.6) is 0 Å². The molecular weight excluding hydrogens is 326 g/mol. The van der Waals surface area contributed by atoms with E-state index in [1.807, 2.05) is 35.0 Å². The normalized spacial score (nSPS) is 20.7. The van der Waals surface area contributed by atoms with Crippen LogP contribution >= 0.6 is 0 Å². The Morgan fingerprint density at radius 3 is 2.77 bits per heavy atom. The lowest BCUT2D eigenvalue weighted by Gasteiger charge is -2.26. The molecule has 0 amide bonds. The first kappa shape index (κ1) is 15.4. The summed E-state index contributed by atoms with van der Waals surface area (Å²) >= 11 is 0. The zero-order chi connectivity index (χ0) is 17.5. The average Bonchev–Trinajstić information content (AvgIpc) is 3.26. The molecule has 3 heterocycles. The molecule has 1 aliphatic rings. The van der Waals surface area contributed by atoms with E-state index in [4.69, 9.17) is 5.10 Å². The summed E-state index contributed by atoms with van der Waals surface area (Å²) < 4.78 is 1.88. The Morgan fingerprint density at radius 1 is 1.08 bits per heavy atom. The van der Waals surface area contributed by atoms with Gasteiger partial charge in [-0.3, -0.25) is 0 Å². The van der Waals surface area contributed by atoms with Crippen molar-refractivity contribution in [2.24, 2.45) is 0 Å². The van der Waals surface area contributed by atoms with Crippen LogP contribution in [0.25, 0.3) is 27.9 Å². The molecule has 0 atom stereocenters. The number of para-hydroxylation sites is 1. The molecule has 5 rings (SSSR count). The van der Waals surface area contributed by atoms with E-state index in [1.165, 1.54) is 5.39 Å². The van der Waals surface area contributed by atoms with Gasteiger partial charge in [-0.05, 0) is 49.9 Å². The molecule has 26 heavy (non-hydrogen) atoms. The number of rotatable bonds is 3. The monoisotopic (exact) mass is 347 g/mol. The van der Waals surface area contributed by atoms with Crippen LogP contribution < -0.4 is 5.32 Å². The zero-order valence-corrected chi connectivity index (χ0v) is 14.4. The van der Waals surface area contributed by atoms with E-state index in [2.05, 4.69) is 33.5 Å². The summed E-state index contributed by atoms with van der Waals surface area (Å²) in [7, 11) is 0. The standard InChI is InChI=1S/C20H21N5O/c26-15-7-5-14(6-8-15)22-19-9-10-20-21-12-18(25(20)24-19)17-11-13-3-1-2-4-16(13)23-17/h1-4,9-12,14-15,23,26H,5-8H2,(H,22,24)/t14-,15-. The Bertz CT molecular complexity index is 1030. The van der Waals surface area contributed by atoms with Gasteiger partial charge in [0.25, 0.3) is 0 Å². The molecule has 1 aliphatic carbocycles. The number of aromatic nitrogens is 4. The number of nitrogens with one attached hydrogen (secondary N) is 2. The molecule has 3 N–H and O–H groups in total. The lowest BCUT2D eigenvalue weighted by atomic mass is 9.93. The van der Waals surface area contributed by atoms with Gasteiger partial charge in [0.2, 0.25) is 0 Å². The summed E-state index contributed by atoms with van der Waals surface area (Å²) in [6.45, 7) is 0. The molecule has 0 aliphatic heterocycles. The maximum atomic E-state index is 9.67. The Hall–Kier alpha value is -2.86. The second kappa shape index (κ2) is 6.14. The second-order valence-corrected chi connectivity index (χ2v) is 7.05. The fourth-order valence-corrected chi connectivity index (χ4v) is 3.77. The zero-order valence-electron chi connectivity index (χ0n) is 14.4. The van der Waals surface area contributed by atoms with Crippen molar-refractivity contribution in [3.05, 3.63) is 48.7 Å². The molecule has 0 spiro atoms. The van der Waals surface area contributed by atoms with Crippen molar-refractivity contribution in [1.29, 1.82) is 0 Å². The summed E-state index contributed by atoms with van der Waals surface area (Å²) in [5.74, 6) is 0.842. The summed E-state index contributed by atoms with van der Waals surface area (Å²) in [6.07, 6.45) is 5.36. The van der Waals surface area contributed by atoms with E-state index in [1.54, 1.807) is 0 Å². The number of H-pyrrole nitrogens is 1. The highest BCUT2D eigenvalue weighted by atomic mass is 16.3. The van der Waals surface area contributed by atoms with Gasteiger partial charge in [0.1, 0.15) is 11.5 Å². The summed E-state index contributed by atoms with van der Waals surface area (Å²) in [5.41, 5.74) is 3.87. The third-order valence-corrected chi connectivity index (χ3v) is 5.22. The van der Waals surface area contributed by atoms with E-state index in [-0.39, 0.29) is 6.10 Å². The maximum absolute atomic E-state index is 9.67. The van der Waals surface area contributed by atoms with Crippen molar-refractivity contribution in [3.63, 3.8) is 0 Å². The van der Waals surface area contributed by atoms with E-state index < -0.39 is 0 Å². The number of nitrogens with zero attached hydrogens (tertiary/aromatic N) is 3. The van der Waals surface area contributed by atoms with Crippen LogP contribution in [0.1, 0.15) is 25.7 Å². The minimum absolute atomic E-state index is 0.147. The number of aromatic amines is 1. The van der Waals surface area contributed by atoms with Crippen LogP contribution in [0.15, 0.2) is 48.7 Å². The third kappa shape index (κ3) is 2.72. The largest absolute Gasteiger partial charge is 0.393 e. The fraction of sp³-hybridized carbons (Fsp3) is 0.300. The highest BCUT2D eigenvalue weighted by Crippen LogP contribution is 2.26. The Balaban J connectivity index is 1.49. The van der Waals surface area contributed by atoms with Crippen LogP contribution in [0.4, 0.5) is 5.82 Å². The molecule has 1 fully saturated rings. The predicted molar refractivity (Wildman–Crippen MR) is 102 cm³/mol. The highest BCUT2D eigenvalue weighted by Gasteiger charge is 2.20. The van der Waals surface area contributed by atoms with Crippen LogP contribution in [0.2, 0.25) is 0 Å². The number of aliphatic hydroxyl groups excluding tert-OH is 1. The molecule has 0 bridgehead atoms. The topological polar surface area (TPSA) is 78.2 Å². The maximum Gasteiger partial charge on any atom is 0.154 e. The molecule has 3 aromatic heterocycles. The molecule has 132 valence electrons. The molecular formula is C20H21N5O. The first-order chi connectivity index (χ1) is 12.8. The summed E-state index contributed by atoms with van der Waals surface area (Å²) in [4.78, 5) is 7.93. The lowest BCUT2D eigenvalue weighted by Crippen LogP contribution is -2.28. The molecule has 6 nitrogen and oxygen atoms in total. The van der Waals surface area contributed by atoms with E-state index in [9.17, 15) is 5.11 Å². The van der Waals surface area contributed by atoms with Crippen molar-refractivity contribution < 1.29 is 5.11 Å². The van der Waals surface area contributed by atoms with Crippen LogP contribution in [-0.2, 0) is 0 Å². The number of fused-ring (bicyclic) bond motifs is 2. The smallest absolute Gasteiger partial charge is 0.154 e. The summed E-state index contributed by atoms with van der Waals surface area (Å²) in [6, 6.07) is 14.7. The third-order valence-electron chi connectivity index (χ3n) is 5.22. The first-order valence-corrected chi connectivity index (χ1v) is 9.14. The van der Waals surface area contributed by atoms with Crippen molar-refractivity contribution in [3.8, 4) is 11.4 Å². The SMILES string of the molecule is O[C@H]1CC[C@H](Nc2ccc3ncc(-c4cc5ccccc5[nH]4)n3n2)CC1. The molecule has 0 saturated heterocycles. The molecule has 1 saturated carbocycles. The molecule has 6 heteroatoms. The number of benzene rings is 1. The minimum atomic E-state index is -0.147. The van der Waals surface area contributed by atoms with Gasteiger partial charge in [0.15, 0.2) is 5.65 Å². The van der Waals surface area contributed by atoms with E-state index in [0.717, 1.165) is 54.1 Å². The van der Waals surface area contributed by atoms with Crippen molar-refractivity contribution in [1.82, 2.24) is 19.6 Å². The summed E-state index contributed by atoms with van der Waals surface area (Å²) in [5, 5.41) is 19.1. The van der Waals surface area contributed by atoms with Crippen molar-refractivity contribution in [2.45, 2.75) is 37.8 Å². The molecule has 0 unspecified atom stereocenters. The quantitative estimate of drug-likeness (QED) is 0.529. The Kier molecular flexibility index (Phi) is 3.64. The number of hydrogen-bond acceptors (Lipinski definition) is 4. The van der Waals surface area contributed by atoms with Crippen molar-refractivity contribution in [2.75, 3.05) is 5.32 Å². The van der Waals surface area contributed by atoms with Crippen molar-refractivity contribution >= 4 is 22.4 Å². The Morgan fingerprint density at radius 2 is 1.92 bits per heavy atom. The number of aliphatic hydroxyl groups is 1. The van der Waals surface area contributed by atoms with E-state index in [0.29, 0.717) is 6.04 Å². The lowest BCUT2D eigenvalue weighted by molar-refractivity contribution is 0.126. The van der Waals surface area contributed by atoms with E-state index >= 15 is 0 Å². The number of anilines is 1. The second-order valence-electron chi connectivity index (χ2n) is 7.05. The molecule has 1 aromatic carbocycles. The van der Waals surface area contributed by atoms with Crippen LogP contribution in [0.3, 0.4) is 0 Å². The first-order valence-electron chi connectivity index (χ1n) is 9.14. The fourth-order valence-electron chi connectivity index (χ4n) is 3.77. The van der Waals surface area contributed by atoms with Crippen LogP contribution in [0, 0.1) is 0 Å². The van der Waals surface area contributed by atoms with Gasteiger partial charge >= 0.3 is 0 Å². The molecule has 4 aromatic rings.